The Bertz CT molecular complexity index is 377. The Hall–Kier alpha value is -1.06. The number of hydrogen-bond donors (Lipinski definition) is 1. The van der Waals surface area contributed by atoms with Crippen LogP contribution in [0.25, 0.3) is 0 Å². The van der Waals surface area contributed by atoms with E-state index in [4.69, 9.17) is 10.5 Å². The zero-order valence-electron chi connectivity index (χ0n) is 12.1. The fourth-order valence-corrected chi connectivity index (χ4v) is 2.65. The first-order chi connectivity index (χ1) is 9.20. The molecule has 0 aromatic heterocycles. The van der Waals surface area contributed by atoms with E-state index in [1.165, 1.54) is 24.9 Å². The van der Waals surface area contributed by atoms with Crippen LogP contribution in [0.3, 0.4) is 0 Å². The zero-order valence-corrected chi connectivity index (χ0v) is 12.1. The third-order valence-corrected chi connectivity index (χ3v) is 3.90. The van der Waals surface area contributed by atoms with E-state index in [0.717, 1.165) is 25.3 Å². The molecule has 0 amide bonds. The van der Waals surface area contributed by atoms with Gasteiger partial charge in [0.1, 0.15) is 5.75 Å². The van der Waals surface area contributed by atoms with E-state index in [-0.39, 0.29) is 6.04 Å². The van der Waals surface area contributed by atoms with Crippen LogP contribution < -0.4 is 10.5 Å². The highest BCUT2D eigenvalue weighted by Gasteiger charge is 2.22. The van der Waals surface area contributed by atoms with Crippen molar-refractivity contribution in [3.05, 3.63) is 29.8 Å². The van der Waals surface area contributed by atoms with Crippen LogP contribution >= 0.6 is 0 Å². The molecule has 0 spiro atoms. The molecule has 3 nitrogen and oxygen atoms in total. The molecule has 1 heterocycles. The maximum atomic E-state index is 6.30. The van der Waals surface area contributed by atoms with Gasteiger partial charge in [-0.05, 0) is 50.4 Å². The standard InChI is InChI=1S/C16H26N2O/c1-3-11-19-15-8-6-14(7-9-15)16(17)12-18-10-4-5-13(18)2/h6-9,13,16H,3-5,10-12,17H2,1-2H3. The minimum atomic E-state index is 0.0979. The maximum absolute atomic E-state index is 6.30. The second-order valence-corrected chi connectivity index (χ2v) is 5.51. The Morgan fingerprint density at radius 2 is 2.11 bits per heavy atom. The van der Waals surface area contributed by atoms with Gasteiger partial charge in [0.2, 0.25) is 0 Å². The minimum absolute atomic E-state index is 0.0979. The third kappa shape index (κ3) is 3.95. The van der Waals surface area contributed by atoms with E-state index in [0.29, 0.717) is 6.04 Å². The number of nitrogens with zero attached hydrogens (tertiary/aromatic N) is 1. The molecular formula is C16H26N2O. The molecule has 0 aliphatic carbocycles. The first kappa shape index (κ1) is 14.4. The average molecular weight is 262 g/mol. The van der Waals surface area contributed by atoms with Crippen molar-refractivity contribution in [3.63, 3.8) is 0 Å². The second kappa shape index (κ2) is 6.92. The Morgan fingerprint density at radius 1 is 1.37 bits per heavy atom. The van der Waals surface area contributed by atoms with E-state index < -0.39 is 0 Å². The van der Waals surface area contributed by atoms with E-state index in [9.17, 15) is 0 Å². The molecule has 1 aliphatic heterocycles. The fraction of sp³-hybridized carbons (Fsp3) is 0.625. The number of benzene rings is 1. The van der Waals surface area contributed by atoms with Gasteiger partial charge in [0.25, 0.3) is 0 Å². The summed E-state index contributed by atoms with van der Waals surface area (Å²) in [5.74, 6) is 0.937. The van der Waals surface area contributed by atoms with Gasteiger partial charge < -0.3 is 10.5 Å². The van der Waals surface area contributed by atoms with Crippen LogP contribution in [0.4, 0.5) is 0 Å². The molecule has 3 heteroatoms. The van der Waals surface area contributed by atoms with Crippen LogP contribution in [-0.2, 0) is 0 Å². The van der Waals surface area contributed by atoms with Gasteiger partial charge in [-0.25, -0.2) is 0 Å². The Balaban J connectivity index is 1.89. The quantitative estimate of drug-likeness (QED) is 0.856. The summed E-state index contributed by atoms with van der Waals surface area (Å²) in [4.78, 5) is 2.49. The van der Waals surface area contributed by atoms with Crippen molar-refractivity contribution in [2.24, 2.45) is 5.73 Å². The average Bonchev–Trinajstić information content (AvgIpc) is 2.82. The van der Waals surface area contributed by atoms with Crippen LogP contribution in [-0.4, -0.2) is 30.6 Å². The van der Waals surface area contributed by atoms with Crippen LogP contribution in [0.5, 0.6) is 5.75 Å². The first-order valence-electron chi connectivity index (χ1n) is 7.43. The number of likely N-dealkylation sites (tertiary alicyclic amines) is 1. The molecule has 1 aromatic rings. The van der Waals surface area contributed by atoms with Crippen molar-refractivity contribution in [1.29, 1.82) is 0 Å². The smallest absolute Gasteiger partial charge is 0.119 e. The molecule has 2 N–H and O–H groups in total. The van der Waals surface area contributed by atoms with Crippen molar-refractivity contribution in [3.8, 4) is 5.75 Å². The summed E-state index contributed by atoms with van der Waals surface area (Å²) >= 11 is 0. The molecule has 0 radical (unpaired) electrons. The predicted octanol–water partition coefficient (Wildman–Crippen LogP) is 2.96. The number of hydrogen-bond acceptors (Lipinski definition) is 3. The molecule has 0 bridgehead atoms. The lowest BCUT2D eigenvalue weighted by Crippen LogP contribution is -2.34. The largest absolute Gasteiger partial charge is 0.494 e. The summed E-state index contributed by atoms with van der Waals surface area (Å²) in [5, 5.41) is 0. The highest BCUT2D eigenvalue weighted by molar-refractivity contribution is 5.29. The predicted molar refractivity (Wildman–Crippen MR) is 79.4 cm³/mol. The molecule has 0 saturated carbocycles. The monoisotopic (exact) mass is 262 g/mol. The molecule has 1 saturated heterocycles. The fourth-order valence-electron chi connectivity index (χ4n) is 2.65. The zero-order chi connectivity index (χ0) is 13.7. The molecule has 1 aliphatic rings. The number of ether oxygens (including phenoxy) is 1. The van der Waals surface area contributed by atoms with Gasteiger partial charge in [-0.2, -0.15) is 0 Å². The van der Waals surface area contributed by atoms with Gasteiger partial charge in [-0.3, -0.25) is 4.90 Å². The van der Waals surface area contributed by atoms with Crippen LogP contribution in [0.15, 0.2) is 24.3 Å². The Kier molecular flexibility index (Phi) is 5.23. The minimum Gasteiger partial charge on any atom is -0.494 e. The number of nitrogens with two attached hydrogens (primary N) is 1. The lowest BCUT2D eigenvalue weighted by Gasteiger charge is -2.25. The van der Waals surface area contributed by atoms with E-state index >= 15 is 0 Å². The summed E-state index contributed by atoms with van der Waals surface area (Å²) in [6, 6.07) is 9.02. The highest BCUT2D eigenvalue weighted by Crippen LogP contribution is 2.22. The summed E-state index contributed by atoms with van der Waals surface area (Å²) in [7, 11) is 0. The SMILES string of the molecule is CCCOc1ccc(C(N)CN2CCCC2C)cc1. The summed E-state index contributed by atoms with van der Waals surface area (Å²) < 4.78 is 5.59. The molecule has 2 rings (SSSR count). The van der Waals surface area contributed by atoms with Crippen molar-refractivity contribution in [1.82, 2.24) is 4.90 Å². The van der Waals surface area contributed by atoms with Gasteiger partial charge in [-0.15, -0.1) is 0 Å². The molecule has 2 unspecified atom stereocenters. The normalized spacial score (nSPS) is 21.5. The number of rotatable bonds is 6. The molecular weight excluding hydrogens is 236 g/mol. The van der Waals surface area contributed by atoms with Crippen molar-refractivity contribution in [2.75, 3.05) is 19.7 Å². The van der Waals surface area contributed by atoms with Gasteiger partial charge >= 0.3 is 0 Å². The first-order valence-corrected chi connectivity index (χ1v) is 7.43. The van der Waals surface area contributed by atoms with Crippen LogP contribution in [0.2, 0.25) is 0 Å². The summed E-state index contributed by atoms with van der Waals surface area (Å²) in [6.07, 6.45) is 3.64. The van der Waals surface area contributed by atoms with Gasteiger partial charge in [0.05, 0.1) is 6.61 Å². The van der Waals surface area contributed by atoms with Gasteiger partial charge in [0, 0.05) is 18.6 Å². The van der Waals surface area contributed by atoms with Crippen molar-refractivity contribution < 1.29 is 4.74 Å². The lowest BCUT2D eigenvalue weighted by atomic mass is 10.1. The third-order valence-electron chi connectivity index (χ3n) is 3.90. The molecule has 2 atom stereocenters. The molecule has 106 valence electrons. The van der Waals surface area contributed by atoms with Gasteiger partial charge in [0.15, 0.2) is 0 Å². The van der Waals surface area contributed by atoms with Crippen LogP contribution in [0, 0.1) is 0 Å². The maximum Gasteiger partial charge on any atom is 0.119 e. The highest BCUT2D eigenvalue weighted by atomic mass is 16.5. The van der Waals surface area contributed by atoms with E-state index in [1.807, 2.05) is 12.1 Å². The molecule has 1 aromatic carbocycles. The van der Waals surface area contributed by atoms with Crippen LogP contribution in [0.1, 0.15) is 44.7 Å². The topological polar surface area (TPSA) is 38.5 Å². The van der Waals surface area contributed by atoms with Crippen molar-refractivity contribution >= 4 is 0 Å². The lowest BCUT2D eigenvalue weighted by molar-refractivity contribution is 0.252. The second-order valence-electron chi connectivity index (χ2n) is 5.51. The Morgan fingerprint density at radius 3 is 2.68 bits per heavy atom. The molecule has 1 fully saturated rings. The van der Waals surface area contributed by atoms with E-state index in [2.05, 4.69) is 30.9 Å². The summed E-state index contributed by atoms with van der Waals surface area (Å²) in [6.45, 7) is 7.32. The van der Waals surface area contributed by atoms with Gasteiger partial charge in [-0.1, -0.05) is 19.1 Å². The van der Waals surface area contributed by atoms with E-state index in [1.54, 1.807) is 0 Å². The molecule has 19 heavy (non-hydrogen) atoms. The van der Waals surface area contributed by atoms with Crippen molar-refractivity contribution in [2.45, 2.75) is 45.2 Å². The Labute approximate surface area is 116 Å². The summed E-state index contributed by atoms with van der Waals surface area (Å²) in [5.41, 5.74) is 7.50.